The van der Waals surface area contributed by atoms with Crippen LogP contribution in [-0.4, -0.2) is 9.78 Å². The molecule has 1 aromatic rings. The highest BCUT2D eigenvalue weighted by molar-refractivity contribution is 5.15. The van der Waals surface area contributed by atoms with E-state index in [-0.39, 0.29) is 13.1 Å². The second kappa shape index (κ2) is 3.46. The van der Waals surface area contributed by atoms with Gasteiger partial charge in [0.1, 0.15) is 5.69 Å². The Morgan fingerprint density at radius 2 is 2.09 bits per heavy atom. The molecular formula is C7H12F2N2. The van der Waals surface area contributed by atoms with Gasteiger partial charge < -0.3 is 0 Å². The van der Waals surface area contributed by atoms with Gasteiger partial charge in [-0.15, -0.1) is 0 Å². The van der Waals surface area contributed by atoms with Crippen molar-refractivity contribution in [3.05, 3.63) is 17.5 Å². The molecule has 0 aliphatic heterocycles. The van der Waals surface area contributed by atoms with Gasteiger partial charge in [0.25, 0.3) is 6.43 Å². The van der Waals surface area contributed by atoms with Crippen LogP contribution >= 0.6 is 0 Å². The molecule has 0 N–H and O–H groups in total. The molecule has 0 unspecified atom stereocenters. The first-order valence-electron chi connectivity index (χ1n) is 2.89. The van der Waals surface area contributed by atoms with Crippen LogP contribution in [0.3, 0.4) is 0 Å². The fraction of sp³-hybridized carbons (Fsp3) is 0.571. The lowest BCUT2D eigenvalue weighted by atomic mass is 10.3. The second-order valence-electron chi connectivity index (χ2n) is 2.17. The summed E-state index contributed by atoms with van der Waals surface area (Å²) < 4.78 is 25.3. The van der Waals surface area contributed by atoms with Gasteiger partial charge >= 0.3 is 0 Å². The largest absolute Gasteiger partial charge is 0.282 e. The van der Waals surface area contributed by atoms with Crippen molar-refractivity contribution in [1.29, 1.82) is 0 Å². The van der Waals surface area contributed by atoms with E-state index >= 15 is 0 Å². The van der Waals surface area contributed by atoms with Crippen molar-refractivity contribution in [2.45, 2.75) is 20.8 Å². The van der Waals surface area contributed by atoms with Crippen molar-refractivity contribution in [2.24, 2.45) is 7.05 Å². The highest BCUT2D eigenvalue weighted by Crippen LogP contribution is 2.19. The minimum Gasteiger partial charge on any atom is -0.275 e. The predicted molar refractivity (Wildman–Crippen MR) is 39.6 cm³/mol. The fourth-order valence-corrected chi connectivity index (χ4v) is 0.840. The van der Waals surface area contributed by atoms with Gasteiger partial charge in [0.05, 0.1) is 0 Å². The molecule has 0 spiro atoms. The Labute approximate surface area is 64.8 Å². The van der Waals surface area contributed by atoms with Crippen LogP contribution in [-0.2, 0) is 7.05 Å². The summed E-state index contributed by atoms with van der Waals surface area (Å²) in [4.78, 5) is 0. The molecule has 0 fully saturated rings. The van der Waals surface area contributed by atoms with Crippen LogP contribution in [0, 0.1) is 6.92 Å². The van der Waals surface area contributed by atoms with Crippen LogP contribution in [0.4, 0.5) is 8.78 Å². The van der Waals surface area contributed by atoms with E-state index in [9.17, 15) is 8.78 Å². The van der Waals surface area contributed by atoms with E-state index in [0.717, 1.165) is 0 Å². The highest BCUT2D eigenvalue weighted by Gasteiger charge is 2.13. The molecule has 1 heterocycles. The van der Waals surface area contributed by atoms with E-state index in [0.29, 0.717) is 5.56 Å². The van der Waals surface area contributed by atoms with E-state index in [1.807, 2.05) is 0 Å². The van der Waals surface area contributed by atoms with Gasteiger partial charge in [0.2, 0.25) is 0 Å². The third kappa shape index (κ3) is 2.00. The zero-order chi connectivity index (χ0) is 7.72. The second-order valence-corrected chi connectivity index (χ2v) is 2.17. The van der Waals surface area contributed by atoms with Gasteiger partial charge in [0, 0.05) is 13.2 Å². The zero-order valence-electron chi connectivity index (χ0n) is 5.81. The number of hydrogen-bond acceptors (Lipinski definition) is 1. The molecule has 0 aliphatic rings. The number of halogens is 2. The Bertz CT molecular complexity index is 230. The molecule has 0 aromatic carbocycles. The SMILES string of the molecule is C.Cc1cn(C)nc1C(F)F. The van der Waals surface area contributed by atoms with Gasteiger partial charge in [-0.2, -0.15) is 5.10 Å². The summed E-state index contributed by atoms with van der Waals surface area (Å²) >= 11 is 0. The van der Waals surface area contributed by atoms with Crippen molar-refractivity contribution >= 4 is 0 Å². The van der Waals surface area contributed by atoms with Crippen molar-refractivity contribution in [2.75, 3.05) is 0 Å². The summed E-state index contributed by atoms with van der Waals surface area (Å²) in [5, 5.41) is 3.58. The van der Waals surface area contributed by atoms with Crippen LogP contribution in [0.1, 0.15) is 25.1 Å². The minimum atomic E-state index is -2.46. The summed E-state index contributed by atoms with van der Waals surface area (Å²) in [6.07, 6.45) is -0.886. The standard InChI is InChI=1S/C6H8F2N2.CH4/c1-4-3-10(2)9-5(4)6(7)8;/h3,6H,1-2H3;1H4. The Morgan fingerprint density at radius 1 is 1.55 bits per heavy atom. The summed E-state index contributed by atoms with van der Waals surface area (Å²) in [7, 11) is 1.62. The topological polar surface area (TPSA) is 17.8 Å². The maximum absolute atomic E-state index is 12.0. The minimum absolute atomic E-state index is 0. The van der Waals surface area contributed by atoms with Gasteiger partial charge in [-0.25, -0.2) is 8.78 Å². The monoisotopic (exact) mass is 162 g/mol. The average Bonchev–Trinajstić information content (AvgIpc) is 2.10. The van der Waals surface area contributed by atoms with Gasteiger partial charge in [-0.05, 0) is 12.5 Å². The van der Waals surface area contributed by atoms with E-state index in [1.54, 1.807) is 20.2 Å². The van der Waals surface area contributed by atoms with Gasteiger partial charge in [0.15, 0.2) is 0 Å². The number of alkyl halides is 2. The molecule has 11 heavy (non-hydrogen) atoms. The van der Waals surface area contributed by atoms with Crippen LogP contribution in [0.25, 0.3) is 0 Å². The van der Waals surface area contributed by atoms with Gasteiger partial charge in [-0.3, -0.25) is 4.68 Å². The Hall–Kier alpha value is -0.930. The summed E-state index contributed by atoms with van der Waals surface area (Å²) in [6, 6.07) is 0. The molecule has 0 bridgehead atoms. The van der Waals surface area contributed by atoms with Gasteiger partial charge in [-0.1, -0.05) is 7.43 Å². The Morgan fingerprint density at radius 3 is 2.27 bits per heavy atom. The predicted octanol–water partition coefficient (Wildman–Crippen LogP) is 2.30. The fourth-order valence-electron chi connectivity index (χ4n) is 0.840. The molecule has 0 saturated carbocycles. The first-order chi connectivity index (χ1) is 4.61. The molecule has 1 rings (SSSR count). The summed E-state index contributed by atoms with van der Waals surface area (Å²) in [6.45, 7) is 1.62. The van der Waals surface area contributed by atoms with Crippen molar-refractivity contribution in [3.8, 4) is 0 Å². The molecule has 0 aliphatic carbocycles. The van der Waals surface area contributed by atoms with Crippen molar-refractivity contribution in [1.82, 2.24) is 9.78 Å². The maximum Gasteiger partial charge on any atom is 0.282 e. The third-order valence-corrected chi connectivity index (χ3v) is 1.26. The lowest BCUT2D eigenvalue weighted by Gasteiger charge is -1.91. The summed E-state index contributed by atoms with van der Waals surface area (Å²) in [5.74, 6) is 0. The lowest BCUT2D eigenvalue weighted by molar-refractivity contribution is 0.144. The van der Waals surface area contributed by atoms with Crippen molar-refractivity contribution < 1.29 is 8.78 Å². The normalized spacial score (nSPS) is 9.91. The van der Waals surface area contributed by atoms with Crippen LogP contribution in [0.5, 0.6) is 0 Å². The molecule has 64 valence electrons. The number of aryl methyl sites for hydroxylation is 2. The third-order valence-electron chi connectivity index (χ3n) is 1.26. The quantitative estimate of drug-likeness (QED) is 0.619. The Balaban J connectivity index is 0.000001000. The zero-order valence-corrected chi connectivity index (χ0v) is 5.81. The van der Waals surface area contributed by atoms with Crippen LogP contribution in [0.2, 0.25) is 0 Å². The number of rotatable bonds is 1. The summed E-state index contributed by atoms with van der Waals surface area (Å²) in [5.41, 5.74) is 0.417. The van der Waals surface area contributed by atoms with Crippen molar-refractivity contribution in [3.63, 3.8) is 0 Å². The Kier molecular flexibility index (Phi) is 3.17. The molecular weight excluding hydrogens is 150 g/mol. The average molecular weight is 162 g/mol. The lowest BCUT2D eigenvalue weighted by Crippen LogP contribution is -1.91. The molecule has 0 atom stereocenters. The number of nitrogens with zero attached hydrogens (tertiary/aromatic N) is 2. The van der Waals surface area contributed by atoms with Crippen LogP contribution < -0.4 is 0 Å². The first-order valence-corrected chi connectivity index (χ1v) is 2.89. The van der Waals surface area contributed by atoms with E-state index < -0.39 is 6.43 Å². The number of aromatic nitrogens is 2. The molecule has 0 amide bonds. The van der Waals surface area contributed by atoms with E-state index in [2.05, 4.69) is 5.10 Å². The first kappa shape index (κ1) is 10.1. The maximum atomic E-state index is 12.0. The van der Waals surface area contributed by atoms with Crippen LogP contribution in [0.15, 0.2) is 6.20 Å². The molecule has 4 heteroatoms. The number of hydrogen-bond donors (Lipinski definition) is 0. The molecule has 0 saturated heterocycles. The molecule has 2 nitrogen and oxygen atoms in total. The van der Waals surface area contributed by atoms with E-state index in [1.165, 1.54) is 4.68 Å². The molecule has 1 aromatic heterocycles. The smallest absolute Gasteiger partial charge is 0.275 e. The highest BCUT2D eigenvalue weighted by atomic mass is 19.3. The molecule has 0 radical (unpaired) electrons. The van der Waals surface area contributed by atoms with E-state index in [4.69, 9.17) is 0 Å².